The molecule has 0 atom stereocenters. The maximum Gasteiger partial charge on any atom is 0.143 e. The molecule has 0 bridgehead atoms. The Bertz CT molecular complexity index is 3370. The van der Waals surface area contributed by atoms with E-state index in [9.17, 15) is 0 Å². The first kappa shape index (κ1) is 31.4. The first-order valence-corrected chi connectivity index (χ1v) is 20.0. The minimum absolute atomic E-state index is 0.906. The highest BCUT2D eigenvalue weighted by atomic mass is 32.1. The predicted octanol–water partition coefficient (Wildman–Crippen LogP) is 15.9. The highest BCUT2D eigenvalue weighted by Crippen LogP contribution is 2.49. The van der Waals surface area contributed by atoms with Crippen LogP contribution in [0.1, 0.15) is 0 Å². The van der Waals surface area contributed by atoms with Gasteiger partial charge in [0.15, 0.2) is 0 Å². The van der Waals surface area contributed by atoms with Gasteiger partial charge in [-0.25, -0.2) is 0 Å². The van der Waals surface area contributed by atoms with E-state index >= 15 is 0 Å². The second kappa shape index (κ2) is 12.3. The van der Waals surface area contributed by atoms with E-state index in [4.69, 9.17) is 4.42 Å². The van der Waals surface area contributed by atoms with Crippen molar-refractivity contribution in [3.05, 3.63) is 194 Å². The van der Waals surface area contributed by atoms with Gasteiger partial charge < -0.3 is 4.42 Å². The summed E-state index contributed by atoms with van der Waals surface area (Å²) in [6, 6.07) is 71.3. The number of hydrogen-bond acceptors (Lipinski definition) is 2. The van der Waals surface area contributed by atoms with Gasteiger partial charge in [0.1, 0.15) is 11.2 Å². The minimum atomic E-state index is 0.906. The monoisotopic (exact) mass is 728 g/mol. The van der Waals surface area contributed by atoms with Crippen molar-refractivity contribution < 1.29 is 4.42 Å². The average molecular weight is 729 g/mol. The second-order valence-electron chi connectivity index (χ2n) is 14.8. The third-order valence-corrected chi connectivity index (χ3v) is 12.8. The highest BCUT2D eigenvalue weighted by molar-refractivity contribution is 7.25. The lowest BCUT2D eigenvalue weighted by atomic mass is 9.80. The zero-order valence-electron chi connectivity index (χ0n) is 30.3. The van der Waals surface area contributed by atoms with Crippen LogP contribution in [0.2, 0.25) is 0 Å². The molecule has 0 radical (unpaired) electrons. The molecule has 0 unspecified atom stereocenters. The molecular weight excluding hydrogens is 697 g/mol. The zero-order chi connectivity index (χ0) is 36.7. The lowest BCUT2D eigenvalue weighted by Gasteiger charge is -2.23. The summed E-state index contributed by atoms with van der Waals surface area (Å²) in [4.78, 5) is 0. The molecule has 2 aromatic heterocycles. The molecule has 1 aliphatic carbocycles. The molecular formula is C54H32OS. The summed E-state index contributed by atoms with van der Waals surface area (Å²) in [6.45, 7) is 0. The fourth-order valence-electron chi connectivity index (χ4n) is 9.04. The lowest BCUT2D eigenvalue weighted by Crippen LogP contribution is -1.97. The molecule has 0 aliphatic heterocycles. The van der Waals surface area contributed by atoms with Gasteiger partial charge in [-0.3, -0.25) is 0 Å². The van der Waals surface area contributed by atoms with Crippen molar-refractivity contribution in [3.8, 4) is 77.9 Å². The first-order valence-electron chi connectivity index (χ1n) is 19.2. The van der Waals surface area contributed by atoms with Crippen molar-refractivity contribution in [3.63, 3.8) is 0 Å². The molecule has 2 heteroatoms. The molecule has 11 aromatic rings. The third-order valence-electron chi connectivity index (χ3n) is 11.7. The average Bonchev–Trinajstić information content (AvgIpc) is 3.84. The Morgan fingerprint density at radius 3 is 1.45 bits per heavy atom. The number of fused-ring (bicyclic) bond motifs is 14. The van der Waals surface area contributed by atoms with Crippen molar-refractivity contribution in [1.29, 1.82) is 0 Å². The molecule has 0 saturated carbocycles. The van der Waals surface area contributed by atoms with E-state index in [1.54, 1.807) is 0 Å². The summed E-state index contributed by atoms with van der Waals surface area (Å²) in [5.41, 5.74) is 18.7. The summed E-state index contributed by atoms with van der Waals surface area (Å²) in [5.74, 6) is 0. The van der Waals surface area contributed by atoms with E-state index in [0.717, 1.165) is 38.6 Å². The number of hydrogen-bond donors (Lipinski definition) is 0. The van der Waals surface area contributed by atoms with E-state index < -0.39 is 0 Å². The van der Waals surface area contributed by atoms with Gasteiger partial charge in [0.2, 0.25) is 0 Å². The molecule has 12 rings (SSSR count). The zero-order valence-corrected chi connectivity index (χ0v) is 31.1. The van der Waals surface area contributed by atoms with Crippen molar-refractivity contribution in [2.24, 2.45) is 0 Å². The molecule has 1 nitrogen and oxygen atoms in total. The Morgan fingerprint density at radius 2 is 0.750 bits per heavy atom. The van der Waals surface area contributed by atoms with Crippen LogP contribution < -0.4 is 0 Å². The summed E-state index contributed by atoms with van der Waals surface area (Å²) < 4.78 is 9.25. The Morgan fingerprint density at radius 1 is 0.268 bits per heavy atom. The number of rotatable bonds is 3. The molecule has 0 spiro atoms. The third kappa shape index (κ3) is 4.80. The predicted molar refractivity (Wildman–Crippen MR) is 238 cm³/mol. The molecule has 260 valence electrons. The first-order chi connectivity index (χ1) is 27.7. The topological polar surface area (TPSA) is 13.1 Å². The van der Waals surface area contributed by atoms with Crippen LogP contribution in [0.15, 0.2) is 199 Å². The van der Waals surface area contributed by atoms with E-state index in [1.165, 1.54) is 81.4 Å². The van der Waals surface area contributed by atoms with Crippen LogP contribution in [0.3, 0.4) is 0 Å². The van der Waals surface area contributed by atoms with Crippen LogP contribution in [-0.2, 0) is 0 Å². The van der Waals surface area contributed by atoms with Gasteiger partial charge in [0.05, 0.1) is 0 Å². The SMILES string of the molecule is c1ccc2c(c1)-c1ccccc1-c1ccc(-c3cc(-c4ccc5sc6ccccc6c5c4)cc(-c4cccc5c4oc4ccccc45)c3)cc1-c1ccccc1-2. The van der Waals surface area contributed by atoms with Gasteiger partial charge in [-0.1, -0.05) is 146 Å². The van der Waals surface area contributed by atoms with Crippen LogP contribution in [-0.4, -0.2) is 0 Å². The van der Waals surface area contributed by atoms with Crippen LogP contribution in [0.5, 0.6) is 0 Å². The van der Waals surface area contributed by atoms with Gasteiger partial charge in [-0.05, 0) is 121 Å². The summed E-state index contributed by atoms with van der Waals surface area (Å²) in [6.07, 6.45) is 0. The second-order valence-corrected chi connectivity index (χ2v) is 15.9. The number of furan rings is 1. The molecule has 0 amide bonds. The molecule has 0 saturated heterocycles. The van der Waals surface area contributed by atoms with Crippen LogP contribution in [0.25, 0.3) is 120 Å². The lowest BCUT2D eigenvalue weighted by molar-refractivity contribution is 0.670. The summed E-state index contributed by atoms with van der Waals surface area (Å²) in [7, 11) is 0. The fourth-order valence-corrected chi connectivity index (χ4v) is 10.1. The highest BCUT2D eigenvalue weighted by Gasteiger charge is 2.22. The van der Waals surface area contributed by atoms with Crippen molar-refractivity contribution in [2.45, 2.75) is 0 Å². The summed E-state index contributed by atoms with van der Waals surface area (Å²) in [5, 5.41) is 4.87. The van der Waals surface area contributed by atoms with Crippen LogP contribution in [0, 0.1) is 0 Å². The molecule has 0 N–H and O–H groups in total. The Kier molecular flexibility index (Phi) is 6.87. The van der Waals surface area contributed by atoms with Gasteiger partial charge in [0, 0.05) is 36.5 Å². The van der Waals surface area contributed by atoms with E-state index in [2.05, 4.69) is 188 Å². The van der Waals surface area contributed by atoms with Gasteiger partial charge in [-0.15, -0.1) is 11.3 Å². The van der Waals surface area contributed by atoms with E-state index in [1.807, 2.05) is 17.4 Å². The fraction of sp³-hybridized carbons (Fsp3) is 0. The molecule has 2 heterocycles. The Hall–Kier alpha value is -7.00. The van der Waals surface area contributed by atoms with Crippen molar-refractivity contribution in [2.75, 3.05) is 0 Å². The number of thiophene rings is 1. The Labute approximate surface area is 328 Å². The normalized spacial score (nSPS) is 11.9. The van der Waals surface area contributed by atoms with Gasteiger partial charge >= 0.3 is 0 Å². The van der Waals surface area contributed by atoms with Crippen molar-refractivity contribution >= 4 is 53.4 Å². The van der Waals surface area contributed by atoms with Crippen LogP contribution >= 0.6 is 11.3 Å². The molecule has 9 aromatic carbocycles. The van der Waals surface area contributed by atoms with E-state index in [-0.39, 0.29) is 0 Å². The van der Waals surface area contributed by atoms with Crippen molar-refractivity contribution in [1.82, 2.24) is 0 Å². The number of para-hydroxylation sites is 2. The largest absolute Gasteiger partial charge is 0.455 e. The maximum atomic E-state index is 6.63. The quantitative estimate of drug-likeness (QED) is 0.177. The molecule has 1 aliphatic rings. The van der Waals surface area contributed by atoms with Gasteiger partial charge in [0.25, 0.3) is 0 Å². The minimum Gasteiger partial charge on any atom is -0.455 e. The summed E-state index contributed by atoms with van der Waals surface area (Å²) >= 11 is 1.86. The Balaban J connectivity index is 1.12. The van der Waals surface area contributed by atoms with E-state index in [0.29, 0.717) is 0 Å². The van der Waals surface area contributed by atoms with Crippen LogP contribution in [0.4, 0.5) is 0 Å². The maximum absolute atomic E-state index is 6.63. The smallest absolute Gasteiger partial charge is 0.143 e. The molecule has 0 fully saturated rings. The molecule has 56 heavy (non-hydrogen) atoms. The number of benzene rings is 9. The standard InChI is InChI=1S/C54H32OS/c1-2-13-40-39(12-1)41-14-3-4-16-43(41)45-26-24-33(31-49(45)44-17-6-5-15-42(40)44)35-28-36(34-25-27-53-50(32-34)47-19-8-10-23-52(47)56-53)30-37(29-35)38-20-11-21-48-46-18-7-9-22-51(46)55-54(38)48/h1-32H. The van der Waals surface area contributed by atoms with Gasteiger partial charge in [-0.2, -0.15) is 0 Å².